The van der Waals surface area contributed by atoms with Crippen LogP contribution < -0.4 is 4.74 Å². The molecule has 1 fully saturated rings. The van der Waals surface area contributed by atoms with Gasteiger partial charge in [-0.1, -0.05) is 0 Å². The van der Waals surface area contributed by atoms with Crippen molar-refractivity contribution < 1.29 is 13.9 Å². The number of rotatable bonds is 3. The maximum absolute atomic E-state index is 13.2. The normalized spacial score (nSPS) is 17.1. The molecule has 1 aromatic carbocycles. The van der Waals surface area contributed by atoms with E-state index in [1.807, 2.05) is 0 Å². The molecule has 84 valence electrons. The summed E-state index contributed by atoms with van der Waals surface area (Å²) in [6, 6.07) is 4.28. The van der Waals surface area contributed by atoms with Crippen molar-refractivity contribution in [1.29, 1.82) is 0 Å². The van der Waals surface area contributed by atoms with Gasteiger partial charge in [0.1, 0.15) is 17.1 Å². The van der Waals surface area contributed by atoms with Crippen LogP contribution in [0.4, 0.5) is 4.39 Å². The molecular weight excluding hydrogens is 209 g/mol. The highest BCUT2D eigenvalue weighted by molar-refractivity contribution is 5.45. The first-order valence-electron chi connectivity index (χ1n) is 5.15. The van der Waals surface area contributed by atoms with E-state index in [1.54, 1.807) is 12.1 Å². The van der Waals surface area contributed by atoms with Crippen molar-refractivity contribution in [2.24, 2.45) is 4.99 Å². The summed E-state index contributed by atoms with van der Waals surface area (Å²) in [5.74, 6) is 0.225. The van der Waals surface area contributed by atoms with Crippen LogP contribution in [0.25, 0.3) is 0 Å². The number of carbonyl (C=O) groups excluding carboxylic acids is 1. The van der Waals surface area contributed by atoms with E-state index in [0.717, 1.165) is 19.3 Å². The Morgan fingerprint density at radius 1 is 1.50 bits per heavy atom. The standard InChI is InChI=1S/C12H12FNO2/c1-16-11-4-3-9(13)7-10(11)12(14-8-15)5-2-6-12/h3-4,7H,2,5-6H2,1H3. The van der Waals surface area contributed by atoms with Crippen molar-refractivity contribution in [2.45, 2.75) is 24.8 Å². The van der Waals surface area contributed by atoms with Gasteiger partial charge in [0.05, 0.1) is 7.11 Å². The van der Waals surface area contributed by atoms with E-state index in [1.165, 1.54) is 19.2 Å². The van der Waals surface area contributed by atoms with E-state index >= 15 is 0 Å². The summed E-state index contributed by atoms with van der Waals surface area (Å²) >= 11 is 0. The molecule has 0 aliphatic heterocycles. The molecule has 1 saturated carbocycles. The van der Waals surface area contributed by atoms with Gasteiger partial charge in [-0.25, -0.2) is 9.18 Å². The monoisotopic (exact) mass is 221 g/mol. The second-order valence-corrected chi connectivity index (χ2v) is 3.93. The maximum atomic E-state index is 13.2. The molecule has 2 rings (SSSR count). The average Bonchev–Trinajstić information content (AvgIpc) is 2.23. The largest absolute Gasteiger partial charge is 0.496 e. The van der Waals surface area contributed by atoms with Crippen LogP contribution >= 0.6 is 0 Å². The van der Waals surface area contributed by atoms with Gasteiger partial charge in [0.2, 0.25) is 6.08 Å². The number of hydrogen-bond donors (Lipinski definition) is 0. The van der Waals surface area contributed by atoms with Gasteiger partial charge in [-0.15, -0.1) is 0 Å². The van der Waals surface area contributed by atoms with Crippen molar-refractivity contribution in [3.05, 3.63) is 29.6 Å². The third-order valence-electron chi connectivity index (χ3n) is 3.10. The zero-order valence-electron chi connectivity index (χ0n) is 9.00. The molecule has 0 bridgehead atoms. The lowest BCUT2D eigenvalue weighted by Crippen LogP contribution is -2.32. The topological polar surface area (TPSA) is 38.7 Å². The molecule has 0 amide bonds. The summed E-state index contributed by atoms with van der Waals surface area (Å²) in [5, 5.41) is 0. The van der Waals surface area contributed by atoms with Crippen LogP contribution in [-0.4, -0.2) is 13.2 Å². The van der Waals surface area contributed by atoms with Gasteiger partial charge in [-0.3, -0.25) is 0 Å². The van der Waals surface area contributed by atoms with E-state index < -0.39 is 5.54 Å². The number of nitrogens with zero attached hydrogens (tertiary/aromatic N) is 1. The van der Waals surface area contributed by atoms with Gasteiger partial charge in [-0.2, -0.15) is 4.99 Å². The lowest BCUT2D eigenvalue weighted by molar-refractivity contribution is 0.245. The predicted molar refractivity (Wildman–Crippen MR) is 56.6 cm³/mol. The van der Waals surface area contributed by atoms with E-state index in [0.29, 0.717) is 11.3 Å². The van der Waals surface area contributed by atoms with Crippen molar-refractivity contribution >= 4 is 6.08 Å². The third-order valence-corrected chi connectivity index (χ3v) is 3.10. The third kappa shape index (κ3) is 1.61. The minimum absolute atomic E-state index is 0.344. The number of hydrogen-bond acceptors (Lipinski definition) is 3. The van der Waals surface area contributed by atoms with Crippen LogP contribution in [0.3, 0.4) is 0 Å². The Balaban J connectivity index is 2.52. The summed E-state index contributed by atoms with van der Waals surface area (Å²) in [6.07, 6.45) is 4.03. The van der Waals surface area contributed by atoms with Gasteiger partial charge in [0, 0.05) is 5.56 Å². The number of aliphatic imine (C=N–C) groups is 1. The van der Waals surface area contributed by atoms with Gasteiger partial charge >= 0.3 is 0 Å². The van der Waals surface area contributed by atoms with E-state index in [-0.39, 0.29) is 5.82 Å². The number of halogens is 1. The second-order valence-electron chi connectivity index (χ2n) is 3.93. The highest BCUT2D eigenvalue weighted by atomic mass is 19.1. The number of benzene rings is 1. The maximum Gasteiger partial charge on any atom is 0.235 e. The lowest BCUT2D eigenvalue weighted by atomic mass is 9.72. The Morgan fingerprint density at radius 3 is 2.75 bits per heavy atom. The van der Waals surface area contributed by atoms with Crippen LogP contribution in [0.1, 0.15) is 24.8 Å². The quantitative estimate of drug-likeness (QED) is 0.581. The Kier molecular flexibility index (Phi) is 2.75. The Morgan fingerprint density at radius 2 is 2.25 bits per heavy atom. The summed E-state index contributed by atoms with van der Waals surface area (Å²) in [7, 11) is 1.52. The van der Waals surface area contributed by atoms with Gasteiger partial charge < -0.3 is 4.74 Å². The molecule has 0 radical (unpaired) electrons. The van der Waals surface area contributed by atoms with Gasteiger partial charge in [0.15, 0.2) is 0 Å². The van der Waals surface area contributed by atoms with Crippen molar-refractivity contribution in [3.8, 4) is 5.75 Å². The molecule has 0 spiro atoms. The number of isocyanates is 1. The number of methoxy groups -OCH3 is 1. The molecule has 0 heterocycles. The summed E-state index contributed by atoms with van der Waals surface area (Å²) in [6.45, 7) is 0. The van der Waals surface area contributed by atoms with Crippen molar-refractivity contribution in [1.82, 2.24) is 0 Å². The predicted octanol–water partition coefficient (Wildman–Crippen LogP) is 2.55. The van der Waals surface area contributed by atoms with Crippen LogP contribution in [-0.2, 0) is 10.3 Å². The summed E-state index contributed by atoms with van der Waals surface area (Å²) in [5.41, 5.74) is 0.0273. The second kappa shape index (κ2) is 4.06. The highest BCUT2D eigenvalue weighted by Gasteiger charge is 2.41. The lowest BCUT2D eigenvalue weighted by Gasteiger charge is -2.37. The smallest absolute Gasteiger partial charge is 0.235 e. The van der Waals surface area contributed by atoms with E-state index in [2.05, 4.69) is 4.99 Å². The first kappa shape index (κ1) is 10.8. The Hall–Kier alpha value is -1.67. The molecule has 1 aromatic rings. The zero-order valence-corrected chi connectivity index (χ0v) is 9.00. The first-order valence-corrected chi connectivity index (χ1v) is 5.15. The molecule has 1 aliphatic rings. The minimum atomic E-state index is -0.616. The fraction of sp³-hybridized carbons (Fsp3) is 0.417. The SMILES string of the molecule is COc1ccc(F)cc1C1(N=C=O)CCC1. The van der Waals surface area contributed by atoms with Crippen molar-refractivity contribution in [2.75, 3.05) is 7.11 Å². The number of ether oxygens (including phenoxy) is 1. The molecule has 1 aliphatic carbocycles. The van der Waals surface area contributed by atoms with E-state index in [4.69, 9.17) is 4.74 Å². The summed E-state index contributed by atoms with van der Waals surface area (Å²) < 4.78 is 18.4. The fourth-order valence-corrected chi connectivity index (χ4v) is 2.08. The zero-order chi connectivity index (χ0) is 11.6. The molecule has 0 N–H and O–H groups in total. The Bertz CT molecular complexity index is 448. The van der Waals surface area contributed by atoms with Crippen molar-refractivity contribution in [3.63, 3.8) is 0 Å². The van der Waals surface area contributed by atoms with Crippen LogP contribution in [0, 0.1) is 5.82 Å². The first-order chi connectivity index (χ1) is 7.72. The highest BCUT2D eigenvalue weighted by Crippen LogP contribution is 2.48. The molecule has 0 atom stereocenters. The van der Waals surface area contributed by atoms with Crippen LogP contribution in [0.5, 0.6) is 5.75 Å². The molecule has 16 heavy (non-hydrogen) atoms. The van der Waals surface area contributed by atoms with Crippen LogP contribution in [0.2, 0.25) is 0 Å². The van der Waals surface area contributed by atoms with Gasteiger partial charge in [0.25, 0.3) is 0 Å². The average molecular weight is 221 g/mol. The van der Waals surface area contributed by atoms with E-state index in [9.17, 15) is 9.18 Å². The minimum Gasteiger partial charge on any atom is -0.496 e. The van der Waals surface area contributed by atoms with Gasteiger partial charge in [-0.05, 0) is 37.5 Å². The molecule has 4 heteroatoms. The fourth-order valence-electron chi connectivity index (χ4n) is 2.08. The molecule has 3 nitrogen and oxygen atoms in total. The summed E-state index contributed by atoms with van der Waals surface area (Å²) in [4.78, 5) is 14.3. The van der Waals surface area contributed by atoms with Crippen LogP contribution in [0.15, 0.2) is 23.2 Å². The molecular formula is C12H12FNO2. The molecule has 0 saturated heterocycles. The molecule has 0 aromatic heterocycles. The molecule has 0 unspecified atom stereocenters. The Labute approximate surface area is 93.0 Å².